The lowest BCUT2D eigenvalue weighted by molar-refractivity contribution is -0.317. The van der Waals surface area contributed by atoms with Gasteiger partial charge in [0.2, 0.25) is 0 Å². The summed E-state index contributed by atoms with van der Waals surface area (Å²) in [6.45, 7) is 7.98. The van der Waals surface area contributed by atoms with Crippen LogP contribution in [0.2, 0.25) is 0 Å². The molecule has 3 aromatic carbocycles. The van der Waals surface area contributed by atoms with E-state index in [-0.39, 0.29) is 6.61 Å². The Morgan fingerprint density at radius 2 is 1.33 bits per heavy atom. The molecule has 0 radical (unpaired) electrons. The molecule has 1 saturated heterocycles. The lowest BCUT2D eigenvalue weighted by Crippen LogP contribution is -2.61. The van der Waals surface area contributed by atoms with E-state index in [1.807, 2.05) is 91.0 Å². The Balaban J connectivity index is 1.32. The highest BCUT2D eigenvalue weighted by Crippen LogP contribution is 2.31. The van der Waals surface area contributed by atoms with Crippen molar-refractivity contribution in [3.05, 3.63) is 131 Å². The van der Waals surface area contributed by atoms with Gasteiger partial charge in [-0.15, -0.1) is 0 Å². The Labute approximate surface area is 255 Å². The van der Waals surface area contributed by atoms with Gasteiger partial charge in [-0.25, -0.2) is 0 Å². The quantitative estimate of drug-likeness (QED) is 0.211. The first-order valence-corrected chi connectivity index (χ1v) is 15.3. The van der Waals surface area contributed by atoms with Crippen molar-refractivity contribution in [2.24, 2.45) is 5.92 Å². The molecular formula is C37H44O6. The van der Waals surface area contributed by atoms with Crippen molar-refractivity contribution in [2.75, 3.05) is 13.2 Å². The van der Waals surface area contributed by atoms with E-state index < -0.39 is 30.7 Å². The molecule has 1 N–H and O–H groups in total. The molecule has 0 bridgehead atoms. The minimum atomic E-state index is -1.05. The highest BCUT2D eigenvalue weighted by Gasteiger charge is 2.47. The van der Waals surface area contributed by atoms with Gasteiger partial charge in [-0.3, -0.25) is 0 Å². The first-order chi connectivity index (χ1) is 21.1. The maximum absolute atomic E-state index is 11.6. The lowest BCUT2D eigenvalue weighted by atomic mass is 9.86. The zero-order valence-electron chi connectivity index (χ0n) is 25.1. The summed E-state index contributed by atoms with van der Waals surface area (Å²) in [5, 5.41) is 11.6. The van der Waals surface area contributed by atoms with E-state index in [9.17, 15) is 5.11 Å². The summed E-state index contributed by atoms with van der Waals surface area (Å²) in [5.74, 6) is 0.518. The number of ether oxygens (including phenoxy) is 5. The number of allylic oxidation sites excluding steroid dienone is 2. The van der Waals surface area contributed by atoms with Crippen molar-refractivity contribution in [2.45, 2.75) is 76.7 Å². The smallest absolute Gasteiger partial charge is 0.187 e. The van der Waals surface area contributed by atoms with Crippen LogP contribution < -0.4 is 0 Å². The normalized spacial score (nSPS) is 25.7. The standard InChI is InChI=1S/C37H44O6/c1-27(2)32-20-18-31(19-21-32)25-42-37-34(38)36(41-24-30-16-10-5-11-17-30)35(40-23-29-14-8-4-9-15-29)33(43-37)26-39-22-28-12-6-3-7-13-28/h3-18,32-38H,1,19-26H2,2H3/t32-,33-,34-,35-,36-,37-/m1/s1. The van der Waals surface area contributed by atoms with Crippen LogP contribution >= 0.6 is 0 Å². The van der Waals surface area contributed by atoms with Crippen molar-refractivity contribution in [1.82, 2.24) is 0 Å². The highest BCUT2D eigenvalue weighted by molar-refractivity contribution is 5.16. The minimum Gasteiger partial charge on any atom is -0.385 e. The Kier molecular flexibility index (Phi) is 11.7. The van der Waals surface area contributed by atoms with Crippen LogP contribution in [-0.2, 0) is 43.5 Å². The first-order valence-electron chi connectivity index (χ1n) is 15.3. The van der Waals surface area contributed by atoms with Gasteiger partial charge >= 0.3 is 0 Å². The molecule has 0 aromatic heterocycles. The Bertz CT molecular complexity index is 1280. The van der Waals surface area contributed by atoms with Crippen LogP contribution in [0, 0.1) is 5.92 Å². The van der Waals surface area contributed by atoms with Crippen LogP contribution in [0.15, 0.2) is 115 Å². The topological polar surface area (TPSA) is 66.4 Å². The van der Waals surface area contributed by atoms with E-state index in [1.54, 1.807) is 0 Å². The van der Waals surface area contributed by atoms with E-state index in [4.69, 9.17) is 23.7 Å². The predicted octanol–water partition coefficient (Wildman–Crippen LogP) is 6.78. The molecule has 6 heteroatoms. The molecule has 1 aliphatic heterocycles. The van der Waals surface area contributed by atoms with Gasteiger partial charge in [0.05, 0.1) is 33.0 Å². The third-order valence-corrected chi connectivity index (χ3v) is 8.21. The van der Waals surface area contributed by atoms with E-state index in [1.165, 1.54) is 11.1 Å². The largest absolute Gasteiger partial charge is 0.385 e. The SMILES string of the molecule is C=C(C)[C@@H]1CC=C(CO[C@@H]2O[C@H](COCc3ccccc3)[C@@H](OCc3ccccc3)[C@H](OCc3ccccc3)[C@H]2O)CC1. The van der Waals surface area contributed by atoms with Crippen LogP contribution in [-0.4, -0.2) is 49.0 Å². The van der Waals surface area contributed by atoms with Gasteiger partial charge in [-0.1, -0.05) is 109 Å². The molecule has 3 aromatic rings. The number of rotatable bonds is 14. The molecular weight excluding hydrogens is 540 g/mol. The fraction of sp³-hybridized carbons (Fsp3) is 0.405. The van der Waals surface area contributed by atoms with Crippen LogP contribution in [0.25, 0.3) is 0 Å². The Morgan fingerprint density at radius 1 is 0.767 bits per heavy atom. The Hall–Kier alpha value is -3.10. The molecule has 228 valence electrons. The fourth-order valence-electron chi connectivity index (χ4n) is 5.62. The van der Waals surface area contributed by atoms with Gasteiger partial charge in [-0.05, 0) is 54.4 Å². The molecule has 0 spiro atoms. The number of hydrogen-bond acceptors (Lipinski definition) is 6. The molecule has 5 rings (SSSR count). The van der Waals surface area contributed by atoms with Gasteiger partial charge in [0.15, 0.2) is 6.29 Å². The number of aliphatic hydroxyl groups excluding tert-OH is 1. The number of benzene rings is 3. The van der Waals surface area contributed by atoms with Gasteiger partial charge in [0, 0.05) is 0 Å². The maximum atomic E-state index is 11.6. The second kappa shape index (κ2) is 16.1. The van der Waals surface area contributed by atoms with Crippen molar-refractivity contribution in [1.29, 1.82) is 0 Å². The lowest BCUT2D eigenvalue weighted by Gasteiger charge is -2.44. The molecule has 0 unspecified atom stereocenters. The molecule has 1 heterocycles. The van der Waals surface area contributed by atoms with Crippen LogP contribution in [0.4, 0.5) is 0 Å². The van der Waals surface area contributed by atoms with E-state index in [2.05, 4.69) is 19.6 Å². The molecule has 6 atom stereocenters. The van der Waals surface area contributed by atoms with Crippen LogP contribution in [0.1, 0.15) is 42.9 Å². The maximum Gasteiger partial charge on any atom is 0.187 e. The van der Waals surface area contributed by atoms with Crippen molar-refractivity contribution < 1.29 is 28.8 Å². The van der Waals surface area contributed by atoms with E-state index in [0.29, 0.717) is 32.3 Å². The molecule has 0 amide bonds. The number of hydrogen-bond donors (Lipinski definition) is 1. The van der Waals surface area contributed by atoms with Gasteiger partial charge in [0.25, 0.3) is 0 Å². The molecule has 6 nitrogen and oxygen atoms in total. The van der Waals surface area contributed by atoms with Gasteiger partial charge < -0.3 is 28.8 Å². The van der Waals surface area contributed by atoms with Gasteiger partial charge in [0.1, 0.15) is 24.4 Å². The predicted molar refractivity (Wildman–Crippen MR) is 167 cm³/mol. The molecule has 1 fully saturated rings. The molecule has 0 saturated carbocycles. The van der Waals surface area contributed by atoms with E-state index >= 15 is 0 Å². The van der Waals surface area contributed by atoms with Crippen molar-refractivity contribution >= 4 is 0 Å². The molecule has 43 heavy (non-hydrogen) atoms. The summed E-state index contributed by atoms with van der Waals surface area (Å²) < 4.78 is 31.7. The summed E-state index contributed by atoms with van der Waals surface area (Å²) in [6.07, 6.45) is 1.48. The molecule has 2 aliphatic rings. The summed E-state index contributed by atoms with van der Waals surface area (Å²) in [4.78, 5) is 0. The van der Waals surface area contributed by atoms with Crippen LogP contribution in [0.3, 0.4) is 0 Å². The highest BCUT2D eigenvalue weighted by atomic mass is 16.7. The first kappa shape index (κ1) is 31.3. The second-order valence-corrected chi connectivity index (χ2v) is 11.5. The average Bonchev–Trinajstić information content (AvgIpc) is 3.05. The summed E-state index contributed by atoms with van der Waals surface area (Å²) in [7, 11) is 0. The zero-order valence-corrected chi connectivity index (χ0v) is 25.1. The Morgan fingerprint density at radius 3 is 1.86 bits per heavy atom. The van der Waals surface area contributed by atoms with E-state index in [0.717, 1.165) is 36.0 Å². The van der Waals surface area contributed by atoms with Crippen LogP contribution in [0.5, 0.6) is 0 Å². The third-order valence-electron chi connectivity index (χ3n) is 8.21. The summed E-state index contributed by atoms with van der Waals surface area (Å²) in [5.41, 5.74) is 5.55. The zero-order chi connectivity index (χ0) is 29.9. The molecule has 1 aliphatic carbocycles. The summed E-state index contributed by atoms with van der Waals surface area (Å²) in [6, 6.07) is 30.0. The third kappa shape index (κ3) is 9.19. The summed E-state index contributed by atoms with van der Waals surface area (Å²) >= 11 is 0. The van der Waals surface area contributed by atoms with Crippen molar-refractivity contribution in [3.63, 3.8) is 0 Å². The van der Waals surface area contributed by atoms with Crippen molar-refractivity contribution in [3.8, 4) is 0 Å². The minimum absolute atomic E-state index is 0.259. The number of aliphatic hydroxyl groups is 1. The fourth-order valence-corrected chi connectivity index (χ4v) is 5.62. The van der Waals surface area contributed by atoms with Gasteiger partial charge in [-0.2, -0.15) is 0 Å². The monoisotopic (exact) mass is 584 g/mol. The second-order valence-electron chi connectivity index (χ2n) is 11.5. The average molecular weight is 585 g/mol.